The number of nitrogens with one attached hydrogen (secondary N) is 2. The first-order valence-electron chi connectivity index (χ1n) is 9.18. The average Bonchev–Trinajstić information content (AvgIpc) is 2.69. The molecule has 0 aromatic heterocycles. The van der Waals surface area contributed by atoms with Gasteiger partial charge in [-0.2, -0.15) is 4.31 Å². The van der Waals surface area contributed by atoms with Gasteiger partial charge in [0.2, 0.25) is 15.9 Å². The van der Waals surface area contributed by atoms with Crippen LogP contribution in [0.2, 0.25) is 0 Å². The number of anilines is 1. The fraction of sp³-hybridized carbons (Fsp3) is 0.556. The lowest BCUT2D eigenvalue weighted by Gasteiger charge is -2.26. The summed E-state index contributed by atoms with van der Waals surface area (Å²) in [5.74, 6) is -1.39. The fourth-order valence-electron chi connectivity index (χ4n) is 2.84. The summed E-state index contributed by atoms with van der Waals surface area (Å²) in [5.41, 5.74) is 0.101. The number of alkyl carbamates (subject to hydrolysis) is 1. The quantitative estimate of drug-likeness (QED) is 0.677. The number of halogens is 1. The summed E-state index contributed by atoms with van der Waals surface area (Å²) in [5, 5.41) is 4.97. The Kier molecular flexibility index (Phi) is 7.94. The number of benzene rings is 1. The normalized spacial score (nSPS) is 16.3. The molecule has 1 atom stereocenters. The summed E-state index contributed by atoms with van der Waals surface area (Å²) >= 11 is 0. The summed E-state index contributed by atoms with van der Waals surface area (Å²) in [6.45, 7) is 4.46. The van der Waals surface area contributed by atoms with Crippen LogP contribution < -0.4 is 10.6 Å². The molecule has 9 nitrogen and oxygen atoms in total. The molecule has 1 fully saturated rings. The number of nitrogens with zero attached hydrogens (tertiary/aromatic N) is 1. The first-order valence-corrected chi connectivity index (χ1v) is 10.6. The van der Waals surface area contributed by atoms with E-state index in [2.05, 4.69) is 15.4 Å². The molecule has 1 saturated heterocycles. The molecule has 1 aliphatic rings. The number of hydrogen-bond donors (Lipinski definition) is 2. The molecule has 1 aliphatic heterocycles. The van der Waals surface area contributed by atoms with Gasteiger partial charge >= 0.3 is 6.09 Å². The van der Waals surface area contributed by atoms with E-state index in [9.17, 15) is 22.4 Å². The third-order valence-corrected chi connectivity index (χ3v) is 6.20. The predicted octanol–water partition coefficient (Wildman–Crippen LogP) is 1.56. The molecule has 29 heavy (non-hydrogen) atoms. The van der Waals surface area contributed by atoms with Crippen molar-refractivity contribution in [2.75, 3.05) is 38.7 Å². The van der Waals surface area contributed by atoms with E-state index in [1.165, 1.54) is 13.2 Å². The maximum Gasteiger partial charge on any atom is 0.407 e. The zero-order valence-electron chi connectivity index (χ0n) is 16.6. The topological polar surface area (TPSA) is 114 Å². The molecule has 1 aromatic rings. The highest BCUT2D eigenvalue weighted by Gasteiger charge is 2.30. The SMILES string of the molecule is COC(=O)NC(CC(C)C)C(=O)Nc1ccc(F)c(S(=O)(=O)N2CCOCC2)c1. The monoisotopic (exact) mass is 431 g/mol. The van der Waals surface area contributed by atoms with Gasteiger partial charge in [-0.3, -0.25) is 4.79 Å². The minimum Gasteiger partial charge on any atom is -0.453 e. The second kappa shape index (κ2) is 9.99. The molecule has 0 bridgehead atoms. The number of hydrogen-bond acceptors (Lipinski definition) is 6. The summed E-state index contributed by atoms with van der Waals surface area (Å²) in [4.78, 5) is 23.6. The second-order valence-corrected chi connectivity index (χ2v) is 8.88. The minimum absolute atomic E-state index is 0.0911. The predicted molar refractivity (Wildman–Crippen MR) is 103 cm³/mol. The van der Waals surface area contributed by atoms with Gasteiger partial charge in [0.25, 0.3) is 0 Å². The number of morpholine rings is 1. The smallest absolute Gasteiger partial charge is 0.407 e. The van der Waals surface area contributed by atoms with Gasteiger partial charge in [0.1, 0.15) is 16.8 Å². The van der Waals surface area contributed by atoms with Crippen LogP contribution in [0.5, 0.6) is 0 Å². The van der Waals surface area contributed by atoms with Gasteiger partial charge < -0.3 is 20.1 Å². The van der Waals surface area contributed by atoms with Crippen LogP contribution >= 0.6 is 0 Å². The van der Waals surface area contributed by atoms with E-state index in [4.69, 9.17) is 4.74 Å². The van der Waals surface area contributed by atoms with E-state index in [1.54, 1.807) is 0 Å². The lowest BCUT2D eigenvalue weighted by atomic mass is 10.0. The zero-order chi connectivity index (χ0) is 21.6. The second-order valence-electron chi connectivity index (χ2n) is 6.97. The molecule has 2 rings (SSSR count). The van der Waals surface area contributed by atoms with E-state index in [0.29, 0.717) is 6.42 Å². The lowest BCUT2D eigenvalue weighted by molar-refractivity contribution is -0.118. The largest absolute Gasteiger partial charge is 0.453 e. The van der Waals surface area contributed by atoms with E-state index in [0.717, 1.165) is 16.4 Å². The molecule has 0 radical (unpaired) electrons. The van der Waals surface area contributed by atoms with Crippen LogP contribution in [-0.2, 0) is 24.3 Å². The van der Waals surface area contributed by atoms with Crippen LogP contribution in [0, 0.1) is 11.7 Å². The Hall–Kier alpha value is -2.24. The van der Waals surface area contributed by atoms with E-state index >= 15 is 0 Å². The number of ether oxygens (including phenoxy) is 2. The molecular formula is C18H26FN3O6S. The highest BCUT2D eigenvalue weighted by atomic mass is 32.2. The van der Waals surface area contributed by atoms with Crippen LogP contribution in [0.4, 0.5) is 14.9 Å². The number of carbonyl (C=O) groups is 2. The molecular weight excluding hydrogens is 405 g/mol. The van der Waals surface area contributed by atoms with Crippen molar-refractivity contribution in [1.29, 1.82) is 0 Å². The average molecular weight is 431 g/mol. The Bertz CT molecular complexity index is 840. The van der Waals surface area contributed by atoms with Gasteiger partial charge in [0.05, 0.1) is 20.3 Å². The zero-order valence-corrected chi connectivity index (χ0v) is 17.4. The Labute approximate surface area is 169 Å². The van der Waals surface area contributed by atoms with Crippen molar-refractivity contribution in [1.82, 2.24) is 9.62 Å². The van der Waals surface area contributed by atoms with Gasteiger partial charge in [0, 0.05) is 18.8 Å². The first kappa shape index (κ1) is 23.0. The van der Waals surface area contributed by atoms with Crippen LogP contribution in [0.15, 0.2) is 23.1 Å². The highest BCUT2D eigenvalue weighted by Crippen LogP contribution is 2.24. The Morgan fingerprint density at radius 2 is 1.93 bits per heavy atom. The van der Waals surface area contributed by atoms with Crippen LogP contribution in [0.25, 0.3) is 0 Å². The van der Waals surface area contributed by atoms with Gasteiger partial charge in [-0.05, 0) is 30.5 Å². The Balaban J connectivity index is 2.23. The van der Waals surface area contributed by atoms with E-state index < -0.39 is 38.8 Å². The summed E-state index contributed by atoms with van der Waals surface area (Å²) in [7, 11) is -2.89. The van der Waals surface area contributed by atoms with Gasteiger partial charge in [-0.25, -0.2) is 17.6 Å². The molecule has 162 valence electrons. The highest BCUT2D eigenvalue weighted by molar-refractivity contribution is 7.89. The van der Waals surface area contributed by atoms with Crippen molar-refractivity contribution in [2.45, 2.75) is 31.2 Å². The van der Waals surface area contributed by atoms with Gasteiger partial charge in [0.15, 0.2) is 0 Å². The van der Waals surface area contributed by atoms with Crippen LogP contribution in [0.1, 0.15) is 20.3 Å². The summed E-state index contributed by atoms with van der Waals surface area (Å²) < 4.78 is 50.6. The maximum atomic E-state index is 14.3. The Morgan fingerprint density at radius 3 is 2.52 bits per heavy atom. The van der Waals surface area contributed by atoms with E-state index in [1.807, 2.05) is 13.8 Å². The number of carbonyl (C=O) groups excluding carboxylic acids is 2. The number of sulfonamides is 1. The van der Waals surface area contributed by atoms with Crippen molar-refractivity contribution in [3.05, 3.63) is 24.0 Å². The summed E-state index contributed by atoms with van der Waals surface area (Å²) in [6.07, 6.45) is -0.429. The standard InChI is InChI=1S/C18H26FN3O6S/c1-12(2)10-15(21-18(24)27-3)17(23)20-13-4-5-14(19)16(11-13)29(25,26)22-6-8-28-9-7-22/h4-5,11-12,15H,6-10H2,1-3H3,(H,20,23)(H,21,24). The van der Waals surface area contributed by atoms with Crippen molar-refractivity contribution in [3.63, 3.8) is 0 Å². The molecule has 1 heterocycles. The van der Waals surface area contributed by atoms with Crippen molar-refractivity contribution >= 4 is 27.7 Å². The fourth-order valence-corrected chi connectivity index (χ4v) is 4.34. The van der Waals surface area contributed by atoms with Crippen LogP contribution in [-0.4, -0.2) is 64.2 Å². The molecule has 11 heteroatoms. The third kappa shape index (κ3) is 6.12. The van der Waals surface area contributed by atoms with E-state index in [-0.39, 0.29) is 37.9 Å². The number of rotatable bonds is 7. The molecule has 2 amide bonds. The van der Waals surface area contributed by atoms with Gasteiger partial charge in [-0.1, -0.05) is 13.8 Å². The molecule has 0 saturated carbocycles. The molecule has 1 unspecified atom stereocenters. The molecule has 1 aromatic carbocycles. The first-order chi connectivity index (χ1) is 13.6. The minimum atomic E-state index is -4.08. The Morgan fingerprint density at radius 1 is 1.28 bits per heavy atom. The third-order valence-electron chi connectivity index (χ3n) is 4.29. The number of methoxy groups -OCH3 is 1. The van der Waals surface area contributed by atoms with Crippen molar-refractivity contribution < 1.29 is 31.9 Å². The van der Waals surface area contributed by atoms with Crippen molar-refractivity contribution in [2.24, 2.45) is 5.92 Å². The number of amides is 2. The van der Waals surface area contributed by atoms with Crippen molar-refractivity contribution in [3.8, 4) is 0 Å². The maximum absolute atomic E-state index is 14.3. The molecule has 2 N–H and O–H groups in total. The van der Waals surface area contributed by atoms with Gasteiger partial charge in [-0.15, -0.1) is 0 Å². The molecule has 0 aliphatic carbocycles. The van der Waals surface area contributed by atoms with Crippen LogP contribution in [0.3, 0.4) is 0 Å². The summed E-state index contributed by atoms with van der Waals surface area (Å²) in [6, 6.07) is 2.42. The molecule has 0 spiro atoms. The lowest BCUT2D eigenvalue weighted by Crippen LogP contribution is -2.44.